The van der Waals surface area contributed by atoms with Crippen LogP contribution in [0.1, 0.15) is 86.9 Å². The van der Waals surface area contributed by atoms with Gasteiger partial charge in [-0.05, 0) is 49.9 Å². The van der Waals surface area contributed by atoms with Crippen molar-refractivity contribution in [1.82, 2.24) is 16.0 Å². The minimum absolute atomic E-state index is 0.00763. The van der Waals surface area contributed by atoms with Crippen LogP contribution < -0.4 is 34.9 Å². The fraction of sp³-hybridized carbons (Fsp3) is 0.394. The number of hydrogen-bond acceptors (Lipinski definition) is 12. The van der Waals surface area contributed by atoms with Crippen molar-refractivity contribution in [3.8, 4) is 23.0 Å². The summed E-state index contributed by atoms with van der Waals surface area (Å²) in [5.41, 5.74) is -0.288. The number of unbranched alkanes of at least 4 members (excludes halogenated alkanes) is 2. The van der Waals surface area contributed by atoms with Gasteiger partial charge in [0.25, 0.3) is 11.8 Å². The average molecular weight is 686 g/mol. The van der Waals surface area contributed by atoms with E-state index in [4.69, 9.17) is 24.1 Å². The lowest BCUT2D eigenvalue weighted by molar-refractivity contribution is -0.137. The number of amides is 3. The summed E-state index contributed by atoms with van der Waals surface area (Å²) in [6, 6.07) is 7.00. The number of carboxylic acids is 1. The van der Waals surface area contributed by atoms with Crippen molar-refractivity contribution in [3.05, 3.63) is 47.5 Å². The van der Waals surface area contributed by atoms with Crippen molar-refractivity contribution in [2.75, 3.05) is 13.1 Å². The van der Waals surface area contributed by atoms with Crippen LogP contribution in [0.25, 0.3) is 0 Å². The molecule has 0 aliphatic carbocycles. The summed E-state index contributed by atoms with van der Waals surface area (Å²) < 4.78 is 20.4. The molecule has 1 atom stereocenters. The third-order valence-electron chi connectivity index (χ3n) is 6.39. The van der Waals surface area contributed by atoms with E-state index in [1.807, 2.05) is 0 Å². The van der Waals surface area contributed by atoms with Gasteiger partial charge in [0, 0.05) is 47.2 Å². The number of esters is 4. The molecule has 2 rings (SSSR count). The molecule has 0 radical (unpaired) electrons. The Bertz CT molecular complexity index is 1570. The van der Waals surface area contributed by atoms with Gasteiger partial charge in [0.2, 0.25) is 5.91 Å². The fourth-order valence-electron chi connectivity index (χ4n) is 4.38. The summed E-state index contributed by atoms with van der Waals surface area (Å²) in [4.78, 5) is 96.9. The van der Waals surface area contributed by atoms with Gasteiger partial charge in [-0.2, -0.15) is 0 Å². The Hall–Kier alpha value is -5.80. The van der Waals surface area contributed by atoms with E-state index in [9.17, 15) is 38.4 Å². The van der Waals surface area contributed by atoms with E-state index in [0.29, 0.717) is 19.3 Å². The van der Waals surface area contributed by atoms with Gasteiger partial charge in [0.1, 0.15) is 6.04 Å². The van der Waals surface area contributed by atoms with Crippen LogP contribution in [-0.2, 0) is 28.8 Å². The lowest BCUT2D eigenvalue weighted by Crippen LogP contribution is -2.47. The molecule has 0 aliphatic heterocycles. The zero-order valence-corrected chi connectivity index (χ0v) is 27.5. The van der Waals surface area contributed by atoms with Crippen LogP contribution in [0.4, 0.5) is 0 Å². The molecule has 49 heavy (non-hydrogen) atoms. The number of carbonyl (C=O) groups is 8. The molecular weight excluding hydrogens is 646 g/mol. The first-order valence-corrected chi connectivity index (χ1v) is 15.3. The highest BCUT2D eigenvalue weighted by atomic mass is 16.6. The summed E-state index contributed by atoms with van der Waals surface area (Å²) in [6.07, 6.45) is 1.59. The maximum Gasteiger partial charge on any atom is 0.308 e. The van der Waals surface area contributed by atoms with Gasteiger partial charge in [-0.1, -0.05) is 18.6 Å². The summed E-state index contributed by atoms with van der Waals surface area (Å²) in [5.74, 6) is -6.89. The third-order valence-corrected chi connectivity index (χ3v) is 6.39. The molecule has 3 amide bonds. The number of aliphatic carboxylic acids is 1. The van der Waals surface area contributed by atoms with Gasteiger partial charge in [0.15, 0.2) is 23.0 Å². The van der Waals surface area contributed by atoms with Crippen LogP contribution in [-0.4, -0.2) is 71.8 Å². The molecule has 0 fully saturated rings. The van der Waals surface area contributed by atoms with Crippen LogP contribution in [0, 0.1) is 0 Å². The zero-order valence-electron chi connectivity index (χ0n) is 27.5. The molecule has 0 saturated heterocycles. The van der Waals surface area contributed by atoms with Crippen molar-refractivity contribution >= 4 is 47.6 Å². The SMILES string of the molecule is CC(=O)Oc1cccc(C(=O)NCCC[C@H](NC(=O)c2cccc(OC(C)=O)c2OC(C)=O)C(=O)NCCCCCC(=O)O)c1OC(C)=O. The van der Waals surface area contributed by atoms with Crippen molar-refractivity contribution in [1.29, 1.82) is 0 Å². The first kappa shape index (κ1) is 39.4. The van der Waals surface area contributed by atoms with Gasteiger partial charge in [-0.15, -0.1) is 0 Å². The highest BCUT2D eigenvalue weighted by molar-refractivity contribution is 6.01. The highest BCUT2D eigenvalue weighted by Crippen LogP contribution is 2.33. The summed E-state index contributed by atoms with van der Waals surface area (Å²) in [6.45, 7) is 4.66. The normalized spacial score (nSPS) is 10.9. The van der Waals surface area contributed by atoms with Crippen molar-refractivity contribution in [2.24, 2.45) is 0 Å². The van der Waals surface area contributed by atoms with Gasteiger partial charge in [-0.25, -0.2) is 0 Å². The summed E-state index contributed by atoms with van der Waals surface area (Å²) in [7, 11) is 0. The highest BCUT2D eigenvalue weighted by Gasteiger charge is 2.26. The number of ether oxygens (including phenoxy) is 4. The van der Waals surface area contributed by atoms with Gasteiger partial charge < -0.3 is 40.0 Å². The molecule has 0 unspecified atom stereocenters. The van der Waals surface area contributed by atoms with E-state index in [1.165, 1.54) is 36.4 Å². The van der Waals surface area contributed by atoms with Crippen LogP contribution in [0.3, 0.4) is 0 Å². The molecule has 16 heteroatoms. The van der Waals surface area contributed by atoms with E-state index < -0.39 is 53.6 Å². The molecule has 2 aromatic rings. The Morgan fingerprint density at radius 2 is 1.10 bits per heavy atom. The molecule has 4 N–H and O–H groups in total. The Labute approximate surface area is 281 Å². The maximum absolute atomic E-state index is 13.4. The van der Waals surface area contributed by atoms with Gasteiger partial charge >= 0.3 is 29.8 Å². The molecule has 0 spiro atoms. The lowest BCUT2D eigenvalue weighted by atomic mass is 10.1. The number of benzene rings is 2. The van der Waals surface area contributed by atoms with Crippen LogP contribution in [0.2, 0.25) is 0 Å². The van der Waals surface area contributed by atoms with E-state index in [2.05, 4.69) is 16.0 Å². The number of carboxylic acid groups (broad SMARTS) is 1. The first-order chi connectivity index (χ1) is 23.2. The maximum atomic E-state index is 13.4. The minimum atomic E-state index is -1.16. The summed E-state index contributed by atoms with van der Waals surface area (Å²) in [5, 5.41) is 16.7. The van der Waals surface area contributed by atoms with Crippen molar-refractivity contribution < 1.29 is 62.4 Å². The molecular formula is C33H39N3O13. The quantitative estimate of drug-likeness (QED) is 0.101. The van der Waals surface area contributed by atoms with E-state index in [1.54, 1.807) is 0 Å². The largest absolute Gasteiger partial charge is 0.481 e. The zero-order chi connectivity index (χ0) is 36.5. The van der Waals surface area contributed by atoms with E-state index >= 15 is 0 Å². The second-order valence-corrected chi connectivity index (χ2v) is 10.6. The van der Waals surface area contributed by atoms with Gasteiger partial charge in [-0.3, -0.25) is 38.4 Å². The third kappa shape index (κ3) is 13.8. The topological polar surface area (TPSA) is 230 Å². The molecule has 0 saturated carbocycles. The Morgan fingerprint density at radius 3 is 1.59 bits per heavy atom. The predicted octanol–water partition coefficient (Wildman–Crippen LogP) is 2.46. The van der Waals surface area contributed by atoms with E-state index in [0.717, 1.165) is 27.7 Å². The van der Waals surface area contributed by atoms with Crippen molar-refractivity contribution in [3.63, 3.8) is 0 Å². The second kappa shape index (κ2) is 19.8. The van der Waals surface area contributed by atoms with Gasteiger partial charge in [0.05, 0.1) is 11.1 Å². The van der Waals surface area contributed by atoms with Crippen molar-refractivity contribution in [2.45, 2.75) is 72.3 Å². The predicted molar refractivity (Wildman–Crippen MR) is 170 cm³/mol. The van der Waals surface area contributed by atoms with Crippen LogP contribution >= 0.6 is 0 Å². The monoisotopic (exact) mass is 685 g/mol. The summed E-state index contributed by atoms with van der Waals surface area (Å²) >= 11 is 0. The Morgan fingerprint density at radius 1 is 0.612 bits per heavy atom. The Kier molecular flexibility index (Phi) is 15.9. The van der Waals surface area contributed by atoms with Crippen LogP contribution in [0.5, 0.6) is 23.0 Å². The number of rotatable bonds is 18. The number of carbonyl (C=O) groups excluding carboxylic acids is 7. The molecule has 2 aromatic carbocycles. The first-order valence-electron chi connectivity index (χ1n) is 15.3. The fourth-order valence-corrected chi connectivity index (χ4v) is 4.38. The van der Waals surface area contributed by atoms with Crippen LogP contribution in [0.15, 0.2) is 36.4 Å². The molecule has 0 aromatic heterocycles. The minimum Gasteiger partial charge on any atom is -0.481 e. The lowest BCUT2D eigenvalue weighted by Gasteiger charge is -2.20. The molecule has 0 heterocycles. The number of hydrogen-bond donors (Lipinski definition) is 4. The Balaban J connectivity index is 2.21. The van der Waals surface area contributed by atoms with E-state index in [-0.39, 0.29) is 66.5 Å². The molecule has 0 bridgehead atoms. The molecule has 16 nitrogen and oxygen atoms in total. The second-order valence-electron chi connectivity index (χ2n) is 10.6. The molecule has 264 valence electrons. The smallest absolute Gasteiger partial charge is 0.308 e. The number of para-hydroxylation sites is 2. The average Bonchev–Trinajstić information content (AvgIpc) is 3.00. The standard InChI is InChI=1S/C33H39N3O13/c1-19(37)46-26-14-8-11-23(29(26)48-21(3)39)31(43)34-18-10-13-25(33(45)35-17-7-5-6-16-28(41)42)36-32(44)24-12-9-15-27(47-20(2)38)30(24)49-22(4)40/h8-9,11-12,14-15,25H,5-7,10,13,16-18H2,1-4H3,(H,34,43)(H,35,45)(H,36,44)(H,41,42)/t25-/m0/s1. The number of nitrogens with one attached hydrogen (secondary N) is 3. The molecule has 0 aliphatic rings.